The van der Waals surface area contributed by atoms with Crippen molar-refractivity contribution >= 4 is 29.0 Å². The highest BCUT2D eigenvalue weighted by atomic mass is 35.5. The number of carbonyl (C=O) groups is 1. The van der Waals surface area contributed by atoms with Gasteiger partial charge in [-0.05, 0) is 23.3 Å². The van der Waals surface area contributed by atoms with E-state index in [-0.39, 0.29) is 29.7 Å². The highest BCUT2D eigenvalue weighted by Crippen LogP contribution is 2.43. The number of hydrogen-bond acceptors (Lipinski definition) is 3. The zero-order chi connectivity index (χ0) is 16.7. The largest absolute Gasteiger partial charge is 0.380 e. The molecule has 4 atom stereocenters. The molecule has 1 N–H and O–H groups in total. The van der Waals surface area contributed by atoms with E-state index in [2.05, 4.69) is 5.32 Å². The zero-order valence-electron chi connectivity index (χ0n) is 12.9. The van der Waals surface area contributed by atoms with Crippen LogP contribution in [0.15, 0.2) is 48.5 Å². The molecule has 0 aromatic heterocycles. The molecule has 0 saturated carbocycles. The number of ether oxygens (including phenoxy) is 1. The molecule has 3 nitrogen and oxygen atoms in total. The molecule has 2 aliphatic heterocycles. The van der Waals surface area contributed by atoms with Gasteiger partial charge in [0.15, 0.2) is 0 Å². The Morgan fingerprint density at radius 2 is 1.29 bits per heavy atom. The summed E-state index contributed by atoms with van der Waals surface area (Å²) in [6, 6.07) is 14.9. The maximum absolute atomic E-state index is 13.0. The van der Waals surface area contributed by atoms with E-state index in [9.17, 15) is 4.79 Å². The van der Waals surface area contributed by atoms with Gasteiger partial charge in [-0.15, -0.1) is 0 Å². The lowest BCUT2D eigenvalue weighted by Crippen LogP contribution is -2.54. The molecular formula is C19H17Cl2NO2. The monoisotopic (exact) mass is 361 g/mol. The average molecular weight is 362 g/mol. The Labute approximate surface area is 150 Å². The van der Waals surface area contributed by atoms with Crippen molar-refractivity contribution in [3.63, 3.8) is 0 Å². The van der Waals surface area contributed by atoms with Gasteiger partial charge >= 0.3 is 0 Å². The van der Waals surface area contributed by atoms with Crippen LogP contribution in [0.25, 0.3) is 0 Å². The van der Waals surface area contributed by atoms with Crippen LogP contribution in [0.1, 0.15) is 23.2 Å². The first-order chi connectivity index (χ1) is 11.7. The second kappa shape index (κ2) is 6.49. The van der Waals surface area contributed by atoms with Gasteiger partial charge in [-0.25, -0.2) is 0 Å². The summed E-state index contributed by atoms with van der Waals surface area (Å²) < 4.78 is 5.74. The van der Waals surface area contributed by atoms with Gasteiger partial charge in [0.2, 0.25) is 0 Å². The van der Waals surface area contributed by atoms with E-state index in [1.165, 1.54) is 0 Å². The Kier molecular flexibility index (Phi) is 4.35. The molecule has 2 aliphatic rings. The highest BCUT2D eigenvalue weighted by molar-refractivity contribution is 6.31. The number of nitrogens with one attached hydrogen (secondary N) is 1. The molecule has 5 heteroatoms. The minimum absolute atomic E-state index is 0.177. The zero-order valence-corrected chi connectivity index (χ0v) is 14.4. The molecule has 0 spiro atoms. The molecule has 2 bridgehead atoms. The number of piperidine rings is 1. The second-order valence-corrected chi connectivity index (χ2v) is 7.13. The molecule has 4 rings (SSSR count). The van der Waals surface area contributed by atoms with E-state index in [1.807, 2.05) is 48.5 Å². The fourth-order valence-corrected chi connectivity index (χ4v) is 4.28. The number of fused-ring (bicyclic) bond motifs is 2. The van der Waals surface area contributed by atoms with Crippen LogP contribution in [0.3, 0.4) is 0 Å². The van der Waals surface area contributed by atoms with E-state index in [0.29, 0.717) is 23.3 Å². The quantitative estimate of drug-likeness (QED) is 0.870. The first-order valence-electron chi connectivity index (χ1n) is 8.03. The van der Waals surface area contributed by atoms with Gasteiger partial charge in [0.05, 0.1) is 25.0 Å². The summed E-state index contributed by atoms with van der Waals surface area (Å²) >= 11 is 12.8. The number of ketones is 1. The molecular weight excluding hydrogens is 345 g/mol. The van der Waals surface area contributed by atoms with Gasteiger partial charge < -0.3 is 10.1 Å². The Bertz CT molecular complexity index is 718. The maximum atomic E-state index is 13.0. The van der Waals surface area contributed by atoms with Crippen LogP contribution >= 0.6 is 23.2 Å². The maximum Gasteiger partial charge on any atom is 0.147 e. The SMILES string of the molecule is O=C1[C@H]2COC[C@H]1[C@H](c1ccccc1Cl)N[C@H]2c1ccccc1Cl. The van der Waals surface area contributed by atoms with Gasteiger partial charge in [-0.1, -0.05) is 59.6 Å². The van der Waals surface area contributed by atoms with Crippen molar-refractivity contribution in [3.8, 4) is 0 Å². The Morgan fingerprint density at radius 1 is 0.833 bits per heavy atom. The number of Topliss-reactive ketones (excluding diaryl/α,β-unsaturated/α-hetero) is 1. The third-order valence-electron chi connectivity index (χ3n) is 4.97. The summed E-state index contributed by atoms with van der Waals surface area (Å²) in [5.74, 6) is -0.209. The topological polar surface area (TPSA) is 38.3 Å². The molecule has 0 unspecified atom stereocenters. The van der Waals surface area contributed by atoms with Crippen LogP contribution < -0.4 is 5.32 Å². The Hall–Kier alpha value is -1.39. The van der Waals surface area contributed by atoms with Crippen molar-refractivity contribution in [2.45, 2.75) is 12.1 Å². The molecule has 124 valence electrons. The number of halogens is 2. The lowest BCUT2D eigenvalue weighted by Gasteiger charge is -2.45. The molecule has 0 aliphatic carbocycles. The van der Waals surface area contributed by atoms with Crippen molar-refractivity contribution in [1.82, 2.24) is 5.32 Å². The minimum Gasteiger partial charge on any atom is -0.380 e. The van der Waals surface area contributed by atoms with Crippen LogP contribution in [0.5, 0.6) is 0 Å². The van der Waals surface area contributed by atoms with E-state index < -0.39 is 0 Å². The van der Waals surface area contributed by atoms with Crippen LogP contribution in [0, 0.1) is 11.8 Å². The van der Waals surface area contributed by atoms with Gasteiger partial charge in [0.25, 0.3) is 0 Å². The van der Waals surface area contributed by atoms with E-state index in [0.717, 1.165) is 11.1 Å². The first kappa shape index (κ1) is 16.1. The standard InChI is InChI=1S/C19H17Cl2NO2/c20-15-7-3-1-5-11(15)17-13-9-24-10-14(19(13)23)18(22-17)12-6-2-4-8-16(12)21/h1-8,13-14,17-18,22H,9-10H2/t13-,14-,17-,18-/m0/s1. The smallest absolute Gasteiger partial charge is 0.147 e. The van der Waals surface area contributed by atoms with Crippen LogP contribution in [0.4, 0.5) is 0 Å². The fourth-order valence-electron chi connectivity index (χ4n) is 3.78. The lowest BCUT2D eigenvalue weighted by atomic mass is 9.74. The normalized spacial score (nSPS) is 29.5. The summed E-state index contributed by atoms with van der Waals surface area (Å²) in [4.78, 5) is 13.0. The lowest BCUT2D eigenvalue weighted by molar-refractivity contribution is -0.146. The number of rotatable bonds is 2. The molecule has 2 aromatic rings. The number of benzene rings is 2. The third-order valence-corrected chi connectivity index (χ3v) is 5.66. The van der Waals surface area contributed by atoms with E-state index >= 15 is 0 Å². The van der Waals surface area contributed by atoms with Crippen molar-refractivity contribution in [2.24, 2.45) is 11.8 Å². The molecule has 2 heterocycles. The molecule has 0 radical (unpaired) electrons. The van der Waals surface area contributed by atoms with Crippen molar-refractivity contribution in [1.29, 1.82) is 0 Å². The summed E-state index contributed by atoms with van der Waals surface area (Å²) in [6.45, 7) is 0.848. The van der Waals surface area contributed by atoms with Gasteiger partial charge in [0.1, 0.15) is 5.78 Å². The second-order valence-electron chi connectivity index (χ2n) is 6.32. The minimum atomic E-state index is -0.220. The first-order valence-corrected chi connectivity index (χ1v) is 8.79. The van der Waals surface area contributed by atoms with Crippen LogP contribution in [-0.4, -0.2) is 19.0 Å². The molecule has 2 fully saturated rings. The van der Waals surface area contributed by atoms with Gasteiger partial charge in [-0.3, -0.25) is 4.79 Å². The molecule has 2 saturated heterocycles. The highest BCUT2D eigenvalue weighted by Gasteiger charge is 2.48. The van der Waals surface area contributed by atoms with Crippen LogP contribution in [-0.2, 0) is 9.53 Å². The van der Waals surface area contributed by atoms with Crippen LogP contribution in [0.2, 0.25) is 10.0 Å². The summed E-state index contributed by atoms with van der Waals surface area (Å²) in [7, 11) is 0. The van der Waals surface area contributed by atoms with Crippen molar-refractivity contribution in [2.75, 3.05) is 13.2 Å². The average Bonchev–Trinajstić information content (AvgIpc) is 2.57. The number of hydrogen-bond donors (Lipinski definition) is 1. The summed E-state index contributed by atoms with van der Waals surface area (Å²) in [5, 5.41) is 4.94. The predicted octanol–water partition coefficient (Wildman–Crippen LogP) is 4.21. The Balaban J connectivity index is 1.78. The van der Waals surface area contributed by atoms with Gasteiger partial charge in [0, 0.05) is 22.1 Å². The van der Waals surface area contributed by atoms with E-state index in [4.69, 9.17) is 27.9 Å². The summed E-state index contributed by atoms with van der Waals surface area (Å²) in [5.41, 5.74) is 1.86. The predicted molar refractivity (Wildman–Crippen MR) is 94.3 cm³/mol. The van der Waals surface area contributed by atoms with E-state index in [1.54, 1.807) is 0 Å². The van der Waals surface area contributed by atoms with Gasteiger partial charge in [-0.2, -0.15) is 0 Å². The fraction of sp³-hybridized carbons (Fsp3) is 0.316. The number of carbonyl (C=O) groups excluding carboxylic acids is 1. The molecule has 0 amide bonds. The molecule has 2 aromatic carbocycles. The van der Waals surface area contributed by atoms with Crippen molar-refractivity contribution in [3.05, 3.63) is 69.7 Å². The van der Waals surface area contributed by atoms with Crippen molar-refractivity contribution < 1.29 is 9.53 Å². The molecule has 24 heavy (non-hydrogen) atoms. The summed E-state index contributed by atoms with van der Waals surface area (Å²) in [6.07, 6.45) is 0. The third kappa shape index (κ3) is 2.66. The Morgan fingerprint density at radius 3 is 1.75 bits per heavy atom.